The van der Waals surface area contributed by atoms with Gasteiger partial charge in [0.2, 0.25) is 0 Å². The van der Waals surface area contributed by atoms with Gasteiger partial charge in [0.15, 0.2) is 0 Å². The van der Waals surface area contributed by atoms with Crippen LogP contribution >= 0.6 is 0 Å². The first-order chi connectivity index (χ1) is 8.08. The fourth-order valence-electron chi connectivity index (χ4n) is 1.45. The molecular formula is C10H18N2O5. The highest BCUT2D eigenvalue weighted by molar-refractivity contribution is 5.75. The molecule has 0 aromatic rings. The standard InChI is InChI=1S/C10H18N2O5/c1-7(4-9(13)14)12-10(15)11-5-8-6-16-2-3-17-8/h7-8H,2-6H2,1H3,(H,13,14)(H2,11,12,15). The molecule has 3 N–H and O–H groups in total. The summed E-state index contributed by atoms with van der Waals surface area (Å²) in [5.74, 6) is -0.943. The van der Waals surface area contributed by atoms with Gasteiger partial charge in [0.25, 0.3) is 0 Å². The van der Waals surface area contributed by atoms with Crippen molar-refractivity contribution in [3.8, 4) is 0 Å². The van der Waals surface area contributed by atoms with Crippen molar-refractivity contribution in [1.29, 1.82) is 0 Å². The Labute approximate surface area is 99.5 Å². The Balaban J connectivity index is 2.13. The lowest BCUT2D eigenvalue weighted by Gasteiger charge is -2.23. The van der Waals surface area contributed by atoms with E-state index < -0.39 is 18.0 Å². The maximum absolute atomic E-state index is 11.4. The molecule has 0 bridgehead atoms. The predicted octanol–water partition coefficient (Wildman–Crippen LogP) is -0.436. The molecule has 0 aromatic heterocycles. The number of urea groups is 1. The number of carbonyl (C=O) groups excluding carboxylic acids is 1. The molecule has 17 heavy (non-hydrogen) atoms. The Kier molecular flexibility index (Phi) is 5.71. The molecular weight excluding hydrogens is 228 g/mol. The Hall–Kier alpha value is -1.34. The van der Waals surface area contributed by atoms with Crippen LogP contribution in [0, 0.1) is 0 Å². The summed E-state index contributed by atoms with van der Waals surface area (Å²) in [7, 11) is 0. The van der Waals surface area contributed by atoms with Crippen LogP contribution in [0.1, 0.15) is 13.3 Å². The molecule has 0 saturated carbocycles. The number of nitrogens with one attached hydrogen (secondary N) is 2. The number of carboxylic acids is 1. The average Bonchev–Trinajstić information content (AvgIpc) is 2.26. The molecule has 98 valence electrons. The lowest BCUT2D eigenvalue weighted by Crippen LogP contribution is -2.46. The molecule has 0 aromatic carbocycles. The lowest BCUT2D eigenvalue weighted by atomic mass is 10.2. The van der Waals surface area contributed by atoms with E-state index in [1.54, 1.807) is 6.92 Å². The molecule has 1 heterocycles. The van der Waals surface area contributed by atoms with E-state index in [1.807, 2.05) is 0 Å². The van der Waals surface area contributed by atoms with E-state index in [1.165, 1.54) is 0 Å². The van der Waals surface area contributed by atoms with Crippen LogP contribution in [0.15, 0.2) is 0 Å². The molecule has 1 aliphatic heterocycles. The third-order valence-electron chi connectivity index (χ3n) is 2.23. The van der Waals surface area contributed by atoms with Crippen molar-refractivity contribution in [2.45, 2.75) is 25.5 Å². The summed E-state index contributed by atoms with van der Waals surface area (Å²) in [5, 5.41) is 13.7. The van der Waals surface area contributed by atoms with Crippen molar-refractivity contribution in [2.24, 2.45) is 0 Å². The van der Waals surface area contributed by atoms with E-state index in [2.05, 4.69) is 10.6 Å². The minimum atomic E-state index is -0.943. The molecule has 1 saturated heterocycles. The summed E-state index contributed by atoms with van der Waals surface area (Å²) in [6, 6.07) is -0.802. The maximum Gasteiger partial charge on any atom is 0.315 e. The Bertz CT molecular complexity index is 265. The zero-order chi connectivity index (χ0) is 12.7. The monoisotopic (exact) mass is 246 g/mol. The van der Waals surface area contributed by atoms with Gasteiger partial charge in [-0.3, -0.25) is 4.79 Å². The second-order valence-electron chi connectivity index (χ2n) is 3.92. The van der Waals surface area contributed by atoms with Gasteiger partial charge >= 0.3 is 12.0 Å². The van der Waals surface area contributed by atoms with Gasteiger partial charge in [-0.05, 0) is 6.92 Å². The van der Waals surface area contributed by atoms with Gasteiger partial charge in [-0.25, -0.2) is 4.79 Å². The Morgan fingerprint density at radius 2 is 2.24 bits per heavy atom. The highest BCUT2D eigenvalue weighted by atomic mass is 16.6. The number of hydrogen-bond acceptors (Lipinski definition) is 4. The lowest BCUT2D eigenvalue weighted by molar-refractivity contribution is -0.137. The third kappa shape index (κ3) is 6.08. The topological polar surface area (TPSA) is 96.9 Å². The molecule has 0 radical (unpaired) electrons. The van der Waals surface area contributed by atoms with E-state index in [9.17, 15) is 9.59 Å². The summed E-state index contributed by atoms with van der Waals surface area (Å²) in [5.41, 5.74) is 0. The highest BCUT2D eigenvalue weighted by Gasteiger charge is 2.16. The molecule has 1 rings (SSSR count). The van der Waals surface area contributed by atoms with Crippen molar-refractivity contribution in [2.75, 3.05) is 26.4 Å². The number of carbonyl (C=O) groups is 2. The van der Waals surface area contributed by atoms with Gasteiger partial charge in [0.1, 0.15) is 0 Å². The zero-order valence-electron chi connectivity index (χ0n) is 9.77. The molecule has 2 atom stereocenters. The fraction of sp³-hybridized carbons (Fsp3) is 0.800. The van der Waals surface area contributed by atoms with E-state index >= 15 is 0 Å². The van der Waals surface area contributed by atoms with Crippen molar-refractivity contribution in [1.82, 2.24) is 10.6 Å². The smallest absolute Gasteiger partial charge is 0.315 e. The van der Waals surface area contributed by atoms with Crippen molar-refractivity contribution >= 4 is 12.0 Å². The number of carboxylic acid groups (broad SMARTS) is 1. The third-order valence-corrected chi connectivity index (χ3v) is 2.23. The number of ether oxygens (including phenoxy) is 2. The molecule has 2 amide bonds. The van der Waals surface area contributed by atoms with Gasteiger partial charge in [0, 0.05) is 12.6 Å². The van der Waals surface area contributed by atoms with Crippen LogP contribution in [0.4, 0.5) is 4.79 Å². The normalized spacial score (nSPS) is 21.6. The molecule has 1 aliphatic rings. The average molecular weight is 246 g/mol. The predicted molar refractivity (Wildman–Crippen MR) is 58.8 cm³/mol. The van der Waals surface area contributed by atoms with E-state index in [4.69, 9.17) is 14.6 Å². The minimum absolute atomic E-state index is 0.101. The molecule has 7 heteroatoms. The van der Waals surface area contributed by atoms with E-state index in [-0.39, 0.29) is 12.5 Å². The minimum Gasteiger partial charge on any atom is -0.481 e. The van der Waals surface area contributed by atoms with Gasteiger partial charge < -0.3 is 25.2 Å². The zero-order valence-corrected chi connectivity index (χ0v) is 9.77. The second kappa shape index (κ2) is 7.08. The van der Waals surface area contributed by atoms with Gasteiger partial charge in [-0.15, -0.1) is 0 Å². The Morgan fingerprint density at radius 1 is 1.47 bits per heavy atom. The highest BCUT2D eigenvalue weighted by Crippen LogP contribution is 1.98. The molecule has 2 unspecified atom stereocenters. The molecule has 0 aliphatic carbocycles. The molecule has 1 fully saturated rings. The summed E-state index contributed by atoms with van der Waals surface area (Å²) in [4.78, 5) is 21.8. The van der Waals surface area contributed by atoms with Gasteiger partial charge in [-0.2, -0.15) is 0 Å². The number of hydrogen-bond donors (Lipinski definition) is 3. The van der Waals surface area contributed by atoms with Crippen LogP contribution in [-0.2, 0) is 14.3 Å². The summed E-state index contributed by atoms with van der Waals surface area (Å²) in [6.45, 7) is 3.56. The largest absolute Gasteiger partial charge is 0.481 e. The first-order valence-corrected chi connectivity index (χ1v) is 5.53. The second-order valence-corrected chi connectivity index (χ2v) is 3.92. The quantitative estimate of drug-likeness (QED) is 0.611. The molecule has 0 spiro atoms. The maximum atomic E-state index is 11.4. The van der Waals surface area contributed by atoms with Gasteiger partial charge in [0.05, 0.1) is 32.3 Å². The van der Waals surface area contributed by atoms with Crippen molar-refractivity contribution in [3.63, 3.8) is 0 Å². The number of rotatable bonds is 5. The molecule has 7 nitrogen and oxygen atoms in total. The SMILES string of the molecule is CC(CC(=O)O)NC(=O)NCC1COCCO1. The van der Waals surface area contributed by atoms with E-state index in [0.717, 1.165) is 0 Å². The number of amides is 2. The summed E-state index contributed by atoms with van der Waals surface area (Å²) < 4.78 is 10.5. The summed E-state index contributed by atoms with van der Waals surface area (Å²) >= 11 is 0. The van der Waals surface area contributed by atoms with Gasteiger partial charge in [-0.1, -0.05) is 0 Å². The van der Waals surface area contributed by atoms with Crippen LogP contribution in [0.2, 0.25) is 0 Å². The van der Waals surface area contributed by atoms with Crippen LogP contribution < -0.4 is 10.6 Å². The van der Waals surface area contributed by atoms with Crippen LogP contribution in [0.3, 0.4) is 0 Å². The number of aliphatic carboxylic acids is 1. The summed E-state index contributed by atoms with van der Waals surface area (Å²) in [6.07, 6.45) is -0.236. The fourth-order valence-corrected chi connectivity index (χ4v) is 1.45. The Morgan fingerprint density at radius 3 is 2.82 bits per heavy atom. The first kappa shape index (κ1) is 13.7. The van der Waals surface area contributed by atoms with Crippen molar-refractivity contribution < 1.29 is 24.2 Å². The van der Waals surface area contributed by atoms with Crippen molar-refractivity contribution in [3.05, 3.63) is 0 Å². The first-order valence-electron chi connectivity index (χ1n) is 5.53. The van der Waals surface area contributed by atoms with E-state index in [0.29, 0.717) is 26.4 Å². The van der Waals surface area contributed by atoms with Crippen LogP contribution in [0.25, 0.3) is 0 Å². The van der Waals surface area contributed by atoms with Crippen LogP contribution in [-0.4, -0.2) is 55.6 Å². The van der Waals surface area contributed by atoms with Crippen LogP contribution in [0.5, 0.6) is 0 Å².